The summed E-state index contributed by atoms with van der Waals surface area (Å²) in [5.41, 5.74) is 1.76. The highest BCUT2D eigenvalue weighted by Crippen LogP contribution is 2.32. The van der Waals surface area contributed by atoms with Crippen molar-refractivity contribution in [3.8, 4) is 0 Å². The molecule has 0 aromatic carbocycles. The fourth-order valence-corrected chi connectivity index (χ4v) is 3.82. The largest absolute Gasteiger partial charge is 0.353 e. The molecule has 10 nitrogen and oxygen atoms in total. The van der Waals surface area contributed by atoms with Crippen molar-refractivity contribution in [3.63, 3.8) is 0 Å². The molecule has 1 amide bonds. The molecule has 1 fully saturated rings. The third-order valence-corrected chi connectivity index (χ3v) is 6.63. The number of aryl methyl sites for hydroxylation is 1. The van der Waals surface area contributed by atoms with E-state index in [1.807, 2.05) is 7.05 Å². The highest BCUT2D eigenvalue weighted by molar-refractivity contribution is 7.94. The first-order valence-corrected chi connectivity index (χ1v) is 12.8. The van der Waals surface area contributed by atoms with Crippen LogP contribution >= 0.6 is 0 Å². The molecule has 0 atom stereocenters. The van der Waals surface area contributed by atoms with Crippen LogP contribution in [0.3, 0.4) is 0 Å². The number of sulfone groups is 1. The van der Waals surface area contributed by atoms with Gasteiger partial charge in [-0.1, -0.05) is 12.7 Å². The number of carbonyl (C=O) groups excluding carboxylic acids is 1. The van der Waals surface area contributed by atoms with Gasteiger partial charge >= 0.3 is 0 Å². The predicted octanol–water partition coefficient (Wildman–Crippen LogP) is 3.94. The number of allylic oxidation sites excluding steroid dienone is 3. The minimum atomic E-state index is -3.73. The molecule has 1 saturated carbocycles. The lowest BCUT2D eigenvalue weighted by Gasteiger charge is -2.14. The molecule has 3 N–H and O–H groups in total. The van der Waals surface area contributed by atoms with Crippen LogP contribution in [0.1, 0.15) is 37.7 Å². The van der Waals surface area contributed by atoms with E-state index in [2.05, 4.69) is 37.1 Å². The van der Waals surface area contributed by atoms with E-state index < -0.39 is 22.1 Å². The molecule has 1 aliphatic rings. The van der Waals surface area contributed by atoms with Crippen LogP contribution in [0.15, 0.2) is 47.9 Å². The highest BCUT2D eigenvalue weighted by Gasteiger charge is 2.30. The lowest BCUT2D eigenvalue weighted by Crippen LogP contribution is -2.15. The summed E-state index contributed by atoms with van der Waals surface area (Å²) in [6.45, 7) is 5.50. The number of aromatic amines is 1. The second-order valence-electron chi connectivity index (χ2n) is 8.61. The molecule has 3 aromatic heterocycles. The predicted molar refractivity (Wildman–Crippen MR) is 133 cm³/mol. The zero-order chi connectivity index (χ0) is 26.2. The lowest BCUT2D eigenvalue weighted by atomic mass is 10.2. The molecule has 13 heteroatoms. The summed E-state index contributed by atoms with van der Waals surface area (Å²) in [6.07, 6.45) is 6.25. The average molecular weight is 518 g/mol. The number of hydrogen-bond acceptors (Lipinski definition) is 7. The Morgan fingerprint density at radius 3 is 2.58 bits per heavy atom. The molecule has 0 spiro atoms. The first-order valence-electron chi connectivity index (χ1n) is 11.0. The summed E-state index contributed by atoms with van der Waals surface area (Å²) in [5.74, 6) is -0.860. The summed E-state index contributed by atoms with van der Waals surface area (Å²) in [6, 6.07) is 1.43. The fourth-order valence-electron chi connectivity index (χ4n) is 3.30. The van der Waals surface area contributed by atoms with Gasteiger partial charge < -0.3 is 20.2 Å². The Morgan fingerprint density at radius 2 is 2.00 bits per heavy atom. The van der Waals surface area contributed by atoms with Crippen LogP contribution < -0.4 is 10.6 Å². The van der Waals surface area contributed by atoms with Crippen LogP contribution in [0, 0.1) is 5.92 Å². The molecule has 4 rings (SSSR count). The van der Waals surface area contributed by atoms with Crippen molar-refractivity contribution in [3.05, 3.63) is 59.4 Å². The number of imidazole rings is 2. The number of alkyl halides is 2. The maximum Gasteiger partial charge on any atom is 0.295 e. The van der Waals surface area contributed by atoms with Crippen molar-refractivity contribution >= 4 is 44.0 Å². The van der Waals surface area contributed by atoms with E-state index in [4.69, 9.17) is 0 Å². The Hall–Kier alpha value is -3.87. The molecule has 3 aromatic rings. The molecule has 190 valence electrons. The van der Waals surface area contributed by atoms with Crippen LogP contribution in [0.4, 0.5) is 20.3 Å². The van der Waals surface area contributed by atoms with Gasteiger partial charge in [-0.2, -0.15) is 0 Å². The topological polar surface area (TPSA) is 135 Å². The number of aromatic nitrogens is 5. The van der Waals surface area contributed by atoms with Gasteiger partial charge in [0.2, 0.25) is 5.91 Å². The van der Waals surface area contributed by atoms with Crippen molar-refractivity contribution in [1.82, 2.24) is 24.5 Å². The van der Waals surface area contributed by atoms with Gasteiger partial charge in [-0.25, -0.2) is 32.2 Å². The van der Waals surface area contributed by atoms with E-state index in [9.17, 15) is 22.0 Å². The summed E-state index contributed by atoms with van der Waals surface area (Å²) < 4.78 is 53.1. The van der Waals surface area contributed by atoms with E-state index >= 15 is 0 Å². The number of nitrogens with one attached hydrogen (secondary N) is 3. The second-order valence-corrected chi connectivity index (χ2v) is 10.7. The van der Waals surface area contributed by atoms with Crippen molar-refractivity contribution < 1.29 is 22.0 Å². The number of amides is 1. The molecule has 0 unspecified atom stereocenters. The number of fused-ring (bicyclic) bond motifs is 1. The number of pyridine rings is 1. The molecule has 0 bridgehead atoms. The van der Waals surface area contributed by atoms with Crippen molar-refractivity contribution in [1.29, 1.82) is 0 Å². The summed E-state index contributed by atoms with van der Waals surface area (Å²) in [7, 11) is -1.91. The molecule has 36 heavy (non-hydrogen) atoms. The second kappa shape index (κ2) is 9.64. The van der Waals surface area contributed by atoms with Gasteiger partial charge in [0.05, 0.1) is 28.3 Å². The van der Waals surface area contributed by atoms with Gasteiger partial charge in [0.15, 0.2) is 21.3 Å². The number of anilines is 2. The van der Waals surface area contributed by atoms with Crippen LogP contribution in [-0.2, 0) is 21.7 Å². The van der Waals surface area contributed by atoms with Crippen LogP contribution in [0.25, 0.3) is 16.7 Å². The van der Waals surface area contributed by atoms with Gasteiger partial charge in [-0.3, -0.25) is 4.79 Å². The van der Waals surface area contributed by atoms with Crippen molar-refractivity contribution in [2.45, 2.75) is 26.2 Å². The zero-order valence-corrected chi connectivity index (χ0v) is 20.7. The van der Waals surface area contributed by atoms with Crippen LogP contribution in [0.5, 0.6) is 0 Å². The molecular weight excluding hydrogens is 492 g/mol. The quantitative estimate of drug-likeness (QED) is 0.366. The maximum atomic E-state index is 13.3. The molecule has 0 aliphatic heterocycles. The fraction of sp³-hybridized carbons (Fsp3) is 0.304. The number of hydrogen-bond donors (Lipinski definition) is 3. The van der Waals surface area contributed by atoms with Gasteiger partial charge in [0.1, 0.15) is 11.3 Å². The van der Waals surface area contributed by atoms with Crippen molar-refractivity contribution in [2.24, 2.45) is 13.0 Å². The number of carbonyl (C=O) groups is 1. The molecule has 3 heterocycles. The Labute approximate surface area is 206 Å². The smallest absolute Gasteiger partial charge is 0.295 e. The van der Waals surface area contributed by atoms with E-state index in [1.54, 1.807) is 30.1 Å². The molecule has 1 aliphatic carbocycles. The van der Waals surface area contributed by atoms with Gasteiger partial charge in [0.25, 0.3) is 6.43 Å². The number of rotatable bonds is 9. The lowest BCUT2D eigenvalue weighted by molar-refractivity contribution is -0.117. The zero-order valence-electron chi connectivity index (χ0n) is 19.8. The molecule has 0 radical (unpaired) electrons. The van der Waals surface area contributed by atoms with Gasteiger partial charge in [0, 0.05) is 31.5 Å². The standard InChI is InChI=1S/C23H25F2N7O3S/c1-12(17-10-32(3)11-26-17)5-8-15(13(2)36(4,34)35)27-16-9-18(29-23(33)14-6-7-14)28-21-19(16)30-22(31-21)20(24)25/h5,8-11,14,20H,2,6-7H2,1,3-4H3,(H3,27,28,29,30,31,33)/b12-5+,15-8+. The summed E-state index contributed by atoms with van der Waals surface area (Å²) in [5, 5.41) is 5.62. The third kappa shape index (κ3) is 5.67. The third-order valence-electron chi connectivity index (χ3n) is 5.51. The normalized spacial score (nSPS) is 14.9. The Balaban J connectivity index is 1.78. The minimum Gasteiger partial charge on any atom is -0.353 e. The Bertz CT molecular complexity index is 1520. The number of nitrogens with zero attached hydrogens (tertiary/aromatic N) is 4. The Kier molecular flexibility index (Phi) is 6.76. The number of halogens is 2. The van der Waals surface area contributed by atoms with Gasteiger partial charge in [-0.15, -0.1) is 0 Å². The van der Waals surface area contributed by atoms with Crippen LogP contribution in [0.2, 0.25) is 0 Å². The average Bonchev–Trinajstić information content (AvgIpc) is 3.42. The first kappa shape index (κ1) is 25.2. The van der Waals surface area contributed by atoms with Crippen molar-refractivity contribution in [2.75, 3.05) is 16.9 Å². The van der Waals surface area contributed by atoms with Crippen LogP contribution in [-0.4, -0.2) is 45.1 Å². The maximum absolute atomic E-state index is 13.3. The SMILES string of the molecule is C=C(/C(=C\C=C(/C)c1cn(C)cn1)Nc1cc(NC(=O)C2CC2)nc2nc(C(F)F)[nH]c12)S(C)(=O)=O. The Morgan fingerprint density at radius 1 is 1.28 bits per heavy atom. The number of H-pyrrole nitrogens is 1. The first-order chi connectivity index (χ1) is 16.9. The monoisotopic (exact) mass is 517 g/mol. The molecular formula is C23H25F2N7O3S. The molecule has 0 saturated heterocycles. The van der Waals surface area contributed by atoms with E-state index in [0.29, 0.717) is 5.69 Å². The van der Waals surface area contributed by atoms with E-state index in [-0.39, 0.29) is 45.1 Å². The minimum absolute atomic E-state index is 0.0640. The highest BCUT2D eigenvalue weighted by atomic mass is 32.2. The van der Waals surface area contributed by atoms with E-state index in [1.165, 1.54) is 12.1 Å². The summed E-state index contributed by atoms with van der Waals surface area (Å²) in [4.78, 5) is 26.8. The summed E-state index contributed by atoms with van der Waals surface area (Å²) >= 11 is 0. The van der Waals surface area contributed by atoms with Gasteiger partial charge in [-0.05, 0) is 31.4 Å². The van der Waals surface area contributed by atoms with E-state index in [0.717, 1.165) is 24.7 Å².